The highest BCUT2D eigenvalue weighted by atomic mass is 16.5. The van der Waals surface area contributed by atoms with Gasteiger partial charge in [0.2, 0.25) is 5.91 Å². The van der Waals surface area contributed by atoms with Gasteiger partial charge in [0.1, 0.15) is 18.2 Å². The summed E-state index contributed by atoms with van der Waals surface area (Å²) in [5.74, 6) is 1.64. The molecule has 3 heterocycles. The maximum absolute atomic E-state index is 13.0. The molecule has 5 aromatic rings. The van der Waals surface area contributed by atoms with Crippen LogP contribution in [0.3, 0.4) is 0 Å². The minimum absolute atomic E-state index is 0.0206. The molecule has 0 spiro atoms. The quantitative estimate of drug-likeness (QED) is 0.289. The average molecular weight is 533 g/mol. The van der Waals surface area contributed by atoms with Crippen LogP contribution in [0.5, 0.6) is 0 Å². The zero-order valence-corrected chi connectivity index (χ0v) is 22.4. The molecule has 3 aromatic carbocycles. The van der Waals surface area contributed by atoms with Crippen LogP contribution >= 0.6 is 0 Å². The Bertz CT molecular complexity index is 1560. The fraction of sp³-hybridized carbons (Fsp3) is 0.250. The Morgan fingerprint density at radius 2 is 1.48 bits per heavy atom. The second-order valence-corrected chi connectivity index (χ2v) is 9.95. The third kappa shape index (κ3) is 5.87. The second-order valence-electron chi connectivity index (χ2n) is 9.95. The van der Waals surface area contributed by atoms with Gasteiger partial charge in [0.25, 0.3) is 0 Å². The van der Waals surface area contributed by atoms with E-state index in [0.717, 1.165) is 52.5 Å². The van der Waals surface area contributed by atoms with Crippen molar-refractivity contribution in [2.75, 3.05) is 37.7 Å². The number of fused-ring (bicyclic) bond motifs is 1. The van der Waals surface area contributed by atoms with Crippen molar-refractivity contribution in [3.05, 3.63) is 114 Å². The molecule has 6 rings (SSSR count). The Balaban J connectivity index is 1.22. The van der Waals surface area contributed by atoms with Gasteiger partial charge in [-0.05, 0) is 29.7 Å². The SMILES string of the molecule is O=C(COCc1ccccc1)N1CCCN(c2nc(Cc3ccccc3)nc3c2cnn3-c2ccccc2)CC1. The van der Waals surface area contributed by atoms with Crippen LogP contribution in [-0.2, 0) is 22.6 Å². The lowest BCUT2D eigenvalue weighted by atomic mass is 10.1. The van der Waals surface area contributed by atoms with Crippen molar-refractivity contribution >= 4 is 22.8 Å². The number of ether oxygens (including phenoxy) is 1. The number of para-hydroxylation sites is 1. The summed E-state index contributed by atoms with van der Waals surface area (Å²) in [5, 5.41) is 5.61. The summed E-state index contributed by atoms with van der Waals surface area (Å²) >= 11 is 0. The largest absolute Gasteiger partial charge is 0.367 e. The van der Waals surface area contributed by atoms with E-state index in [9.17, 15) is 4.79 Å². The van der Waals surface area contributed by atoms with E-state index in [1.165, 1.54) is 0 Å². The number of hydrogen-bond donors (Lipinski definition) is 0. The van der Waals surface area contributed by atoms with Gasteiger partial charge < -0.3 is 14.5 Å². The third-order valence-corrected chi connectivity index (χ3v) is 7.15. The second kappa shape index (κ2) is 12.1. The van der Waals surface area contributed by atoms with Gasteiger partial charge in [-0.2, -0.15) is 5.10 Å². The molecule has 2 aromatic heterocycles. The van der Waals surface area contributed by atoms with E-state index in [1.54, 1.807) is 0 Å². The molecule has 202 valence electrons. The summed E-state index contributed by atoms with van der Waals surface area (Å²) in [6, 6.07) is 30.2. The van der Waals surface area contributed by atoms with E-state index >= 15 is 0 Å². The van der Waals surface area contributed by atoms with Crippen molar-refractivity contribution in [2.24, 2.45) is 0 Å². The maximum Gasteiger partial charge on any atom is 0.248 e. The lowest BCUT2D eigenvalue weighted by molar-refractivity contribution is -0.136. The van der Waals surface area contributed by atoms with E-state index in [1.807, 2.05) is 94.6 Å². The van der Waals surface area contributed by atoms with Crippen molar-refractivity contribution in [1.82, 2.24) is 24.6 Å². The zero-order valence-electron chi connectivity index (χ0n) is 22.4. The molecule has 1 aliphatic rings. The van der Waals surface area contributed by atoms with E-state index in [-0.39, 0.29) is 12.5 Å². The maximum atomic E-state index is 13.0. The highest BCUT2D eigenvalue weighted by Crippen LogP contribution is 2.27. The van der Waals surface area contributed by atoms with Crippen molar-refractivity contribution < 1.29 is 9.53 Å². The Kier molecular flexibility index (Phi) is 7.77. The molecule has 0 aliphatic carbocycles. The summed E-state index contributed by atoms with van der Waals surface area (Å²) in [5.41, 5.74) is 3.96. The van der Waals surface area contributed by atoms with Crippen LogP contribution in [-0.4, -0.2) is 63.3 Å². The monoisotopic (exact) mass is 532 g/mol. The minimum Gasteiger partial charge on any atom is -0.367 e. The van der Waals surface area contributed by atoms with Gasteiger partial charge >= 0.3 is 0 Å². The fourth-order valence-corrected chi connectivity index (χ4v) is 5.09. The van der Waals surface area contributed by atoms with Gasteiger partial charge in [-0.1, -0.05) is 78.9 Å². The molecule has 40 heavy (non-hydrogen) atoms. The van der Waals surface area contributed by atoms with Gasteiger partial charge in [-0.3, -0.25) is 4.79 Å². The molecule has 0 unspecified atom stereocenters. The molecular formula is C32H32N6O2. The van der Waals surface area contributed by atoms with Crippen LogP contribution in [0.1, 0.15) is 23.4 Å². The minimum atomic E-state index is 0.0206. The first kappa shape index (κ1) is 25.7. The smallest absolute Gasteiger partial charge is 0.248 e. The lowest BCUT2D eigenvalue weighted by Gasteiger charge is -2.24. The number of benzene rings is 3. The van der Waals surface area contributed by atoms with Crippen LogP contribution in [0.2, 0.25) is 0 Å². The Morgan fingerprint density at radius 1 is 0.775 bits per heavy atom. The van der Waals surface area contributed by atoms with Crippen molar-refractivity contribution in [3.8, 4) is 5.69 Å². The number of carbonyl (C=O) groups excluding carboxylic acids is 1. The summed E-state index contributed by atoms with van der Waals surface area (Å²) in [4.78, 5) is 27.2. The average Bonchev–Trinajstić information content (AvgIpc) is 3.27. The molecule has 1 saturated heterocycles. The number of anilines is 1. The molecule has 0 bridgehead atoms. The first-order chi connectivity index (χ1) is 19.7. The van der Waals surface area contributed by atoms with E-state index < -0.39 is 0 Å². The van der Waals surface area contributed by atoms with Crippen LogP contribution in [0.4, 0.5) is 5.82 Å². The number of rotatable bonds is 8. The normalized spacial score (nSPS) is 13.9. The van der Waals surface area contributed by atoms with Crippen LogP contribution in [0.15, 0.2) is 97.2 Å². The van der Waals surface area contributed by atoms with Crippen LogP contribution in [0, 0.1) is 0 Å². The number of nitrogens with zero attached hydrogens (tertiary/aromatic N) is 6. The predicted molar refractivity (Wildman–Crippen MR) is 155 cm³/mol. The van der Waals surface area contributed by atoms with E-state index in [0.29, 0.717) is 32.7 Å². The summed E-state index contributed by atoms with van der Waals surface area (Å²) < 4.78 is 7.61. The first-order valence-corrected chi connectivity index (χ1v) is 13.7. The zero-order chi connectivity index (χ0) is 27.1. The topological polar surface area (TPSA) is 76.4 Å². The summed E-state index contributed by atoms with van der Waals surface area (Å²) in [6.07, 6.45) is 3.33. The molecule has 0 N–H and O–H groups in total. The van der Waals surface area contributed by atoms with E-state index in [4.69, 9.17) is 19.8 Å². The summed E-state index contributed by atoms with van der Waals surface area (Å²) in [6.45, 7) is 3.29. The number of hydrogen-bond acceptors (Lipinski definition) is 6. The predicted octanol–water partition coefficient (Wildman–Crippen LogP) is 4.66. The Morgan fingerprint density at radius 3 is 2.23 bits per heavy atom. The summed E-state index contributed by atoms with van der Waals surface area (Å²) in [7, 11) is 0. The first-order valence-electron chi connectivity index (χ1n) is 13.7. The van der Waals surface area contributed by atoms with Crippen LogP contribution in [0.25, 0.3) is 16.7 Å². The molecule has 1 fully saturated rings. The third-order valence-electron chi connectivity index (χ3n) is 7.15. The molecule has 0 atom stereocenters. The van der Waals surface area contributed by atoms with E-state index in [2.05, 4.69) is 17.0 Å². The van der Waals surface area contributed by atoms with Gasteiger partial charge in [0.15, 0.2) is 5.65 Å². The van der Waals surface area contributed by atoms with Crippen LogP contribution < -0.4 is 4.90 Å². The highest BCUT2D eigenvalue weighted by molar-refractivity contribution is 5.88. The fourth-order valence-electron chi connectivity index (χ4n) is 5.09. The molecule has 1 aliphatic heterocycles. The van der Waals surface area contributed by atoms with Gasteiger partial charge in [0.05, 0.1) is 23.9 Å². The van der Waals surface area contributed by atoms with Crippen molar-refractivity contribution in [2.45, 2.75) is 19.4 Å². The molecule has 0 saturated carbocycles. The molecule has 8 heteroatoms. The lowest BCUT2D eigenvalue weighted by Crippen LogP contribution is -2.37. The molecular weight excluding hydrogens is 500 g/mol. The standard InChI is InChI=1S/C32H32N6O2/c39-30(24-40-23-26-13-6-2-7-14-26)36-17-10-18-37(20-19-36)31-28-22-33-38(27-15-8-3-9-16-27)32(28)35-29(34-31)21-25-11-4-1-5-12-25/h1-9,11-16,22H,10,17-21,23-24H2. The Hall–Kier alpha value is -4.56. The number of carbonyl (C=O) groups is 1. The number of aromatic nitrogens is 4. The van der Waals surface area contributed by atoms with Crippen molar-refractivity contribution in [3.63, 3.8) is 0 Å². The number of amides is 1. The molecule has 1 amide bonds. The van der Waals surface area contributed by atoms with Gasteiger partial charge in [-0.25, -0.2) is 14.6 Å². The highest BCUT2D eigenvalue weighted by Gasteiger charge is 2.23. The molecule has 8 nitrogen and oxygen atoms in total. The molecule has 0 radical (unpaired) electrons. The van der Waals surface area contributed by atoms with Gasteiger partial charge in [-0.15, -0.1) is 0 Å². The Labute approximate surface area is 233 Å². The van der Waals surface area contributed by atoms with Crippen molar-refractivity contribution in [1.29, 1.82) is 0 Å². The van der Waals surface area contributed by atoms with Gasteiger partial charge in [0, 0.05) is 32.6 Å².